The lowest BCUT2D eigenvalue weighted by molar-refractivity contribution is 0.307. The maximum atomic E-state index is 5.81. The third-order valence-electron chi connectivity index (χ3n) is 2.54. The van der Waals surface area contributed by atoms with Gasteiger partial charge in [0.2, 0.25) is 5.88 Å². The van der Waals surface area contributed by atoms with E-state index >= 15 is 0 Å². The van der Waals surface area contributed by atoms with Crippen LogP contribution < -0.4 is 15.8 Å². The first kappa shape index (κ1) is 13.2. The Morgan fingerprint density at radius 1 is 1.42 bits per heavy atom. The highest BCUT2D eigenvalue weighted by atomic mass is 16.5. The Labute approximate surface area is 112 Å². The molecule has 0 fully saturated rings. The number of ether oxygens (including phenoxy) is 1. The number of rotatable bonds is 7. The van der Waals surface area contributed by atoms with Crippen LogP contribution in [0, 0.1) is 0 Å². The fraction of sp³-hybridized carbons (Fsp3) is 0.385. The van der Waals surface area contributed by atoms with E-state index in [4.69, 9.17) is 10.5 Å². The molecule has 0 spiro atoms. The van der Waals surface area contributed by atoms with Crippen LogP contribution in [0.5, 0.6) is 5.88 Å². The zero-order valence-electron chi connectivity index (χ0n) is 11.0. The zero-order chi connectivity index (χ0) is 13.5. The maximum absolute atomic E-state index is 5.81. The molecule has 0 saturated carbocycles. The molecule has 6 heteroatoms. The van der Waals surface area contributed by atoms with Crippen LogP contribution in [0.2, 0.25) is 0 Å². The first-order valence-electron chi connectivity index (χ1n) is 6.40. The smallest absolute Gasteiger partial charge is 0.239 e. The Morgan fingerprint density at radius 3 is 3.05 bits per heavy atom. The van der Waals surface area contributed by atoms with Gasteiger partial charge in [-0.15, -0.1) is 0 Å². The minimum Gasteiger partial charge on any atom is -0.476 e. The van der Waals surface area contributed by atoms with E-state index < -0.39 is 0 Å². The third-order valence-corrected chi connectivity index (χ3v) is 2.54. The Bertz CT molecular complexity index is 498. The molecule has 6 nitrogen and oxygen atoms in total. The van der Waals surface area contributed by atoms with Gasteiger partial charge in [-0.05, 0) is 24.6 Å². The lowest BCUT2D eigenvalue weighted by Gasteiger charge is -2.10. The number of anilines is 2. The van der Waals surface area contributed by atoms with Crippen LogP contribution in [0.3, 0.4) is 0 Å². The lowest BCUT2D eigenvalue weighted by Crippen LogP contribution is -2.12. The summed E-state index contributed by atoms with van der Waals surface area (Å²) >= 11 is 0. The highest BCUT2D eigenvalue weighted by molar-refractivity contribution is 5.53. The second kappa shape index (κ2) is 6.63. The Morgan fingerprint density at radius 2 is 2.32 bits per heavy atom. The van der Waals surface area contributed by atoms with E-state index in [9.17, 15) is 0 Å². The van der Waals surface area contributed by atoms with Crippen LogP contribution in [0.15, 0.2) is 30.6 Å². The van der Waals surface area contributed by atoms with Crippen LogP contribution in [0.25, 0.3) is 0 Å². The average Bonchev–Trinajstić information content (AvgIpc) is 2.92. The molecule has 2 aromatic heterocycles. The van der Waals surface area contributed by atoms with Gasteiger partial charge in [0, 0.05) is 18.9 Å². The predicted octanol–water partition coefficient (Wildman–Crippen LogP) is 1.76. The number of nitrogen functional groups attached to an aromatic ring is 1. The number of nitrogens with one attached hydrogen (secondary N) is 1. The minimum atomic E-state index is 0.492. The predicted molar refractivity (Wildman–Crippen MR) is 75.2 cm³/mol. The molecular weight excluding hydrogens is 242 g/mol. The van der Waals surface area contributed by atoms with Crippen molar-refractivity contribution in [2.45, 2.75) is 19.9 Å². The van der Waals surface area contributed by atoms with Crippen LogP contribution in [-0.4, -0.2) is 27.9 Å². The summed E-state index contributed by atoms with van der Waals surface area (Å²) in [6.45, 7) is 4.19. The van der Waals surface area contributed by atoms with Crippen molar-refractivity contribution in [3.8, 4) is 5.88 Å². The minimum absolute atomic E-state index is 0.492. The van der Waals surface area contributed by atoms with E-state index in [0.29, 0.717) is 18.2 Å². The van der Waals surface area contributed by atoms with Gasteiger partial charge in [0.25, 0.3) is 0 Å². The average molecular weight is 261 g/mol. The molecule has 102 valence electrons. The Balaban J connectivity index is 1.89. The van der Waals surface area contributed by atoms with Gasteiger partial charge in [0.05, 0.1) is 18.8 Å². The first-order chi connectivity index (χ1) is 9.29. The van der Waals surface area contributed by atoms with Gasteiger partial charge in [0.15, 0.2) is 0 Å². The lowest BCUT2D eigenvalue weighted by atomic mass is 10.4. The molecule has 0 bridgehead atoms. The summed E-state index contributed by atoms with van der Waals surface area (Å²) in [4.78, 5) is 4.34. The summed E-state index contributed by atoms with van der Waals surface area (Å²) in [5.74, 6) is 1.25. The highest BCUT2D eigenvalue weighted by Crippen LogP contribution is 2.20. The monoisotopic (exact) mass is 261 g/mol. The van der Waals surface area contributed by atoms with Gasteiger partial charge in [-0.3, -0.25) is 4.68 Å². The molecule has 2 heterocycles. The SMILES string of the molecule is CCCOc1nc(NCCn2cccn2)ccc1N. The van der Waals surface area contributed by atoms with E-state index in [-0.39, 0.29) is 0 Å². The third kappa shape index (κ3) is 3.87. The summed E-state index contributed by atoms with van der Waals surface area (Å²) in [5.41, 5.74) is 6.37. The van der Waals surface area contributed by atoms with E-state index in [1.807, 2.05) is 29.9 Å². The molecule has 0 aliphatic rings. The van der Waals surface area contributed by atoms with E-state index in [0.717, 1.165) is 25.3 Å². The van der Waals surface area contributed by atoms with Crippen LogP contribution >= 0.6 is 0 Å². The zero-order valence-corrected chi connectivity index (χ0v) is 11.0. The summed E-state index contributed by atoms with van der Waals surface area (Å²) in [6.07, 6.45) is 4.62. The van der Waals surface area contributed by atoms with Crippen molar-refractivity contribution in [3.05, 3.63) is 30.6 Å². The van der Waals surface area contributed by atoms with Crippen LogP contribution in [-0.2, 0) is 6.54 Å². The molecule has 2 rings (SSSR count). The largest absolute Gasteiger partial charge is 0.476 e. The Hall–Kier alpha value is -2.24. The highest BCUT2D eigenvalue weighted by Gasteiger charge is 2.03. The van der Waals surface area contributed by atoms with E-state index in [1.165, 1.54) is 0 Å². The number of aromatic nitrogens is 3. The fourth-order valence-electron chi connectivity index (χ4n) is 1.60. The number of pyridine rings is 1. The van der Waals surface area contributed by atoms with Crippen molar-refractivity contribution >= 4 is 11.5 Å². The van der Waals surface area contributed by atoms with Gasteiger partial charge in [-0.2, -0.15) is 10.1 Å². The van der Waals surface area contributed by atoms with E-state index in [1.54, 1.807) is 12.3 Å². The van der Waals surface area contributed by atoms with Crippen molar-refractivity contribution in [2.24, 2.45) is 0 Å². The van der Waals surface area contributed by atoms with Crippen molar-refractivity contribution in [1.29, 1.82) is 0 Å². The van der Waals surface area contributed by atoms with Crippen molar-refractivity contribution in [2.75, 3.05) is 24.2 Å². The normalized spacial score (nSPS) is 10.4. The number of hydrogen-bond donors (Lipinski definition) is 2. The van der Waals surface area contributed by atoms with Gasteiger partial charge >= 0.3 is 0 Å². The molecule has 19 heavy (non-hydrogen) atoms. The molecule has 3 N–H and O–H groups in total. The summed E-state index contributed by atoms with van der Waals surface area (Å²) in [5, 5.41) is 7.35. The topological polar surface area (TPSA) is 78.0 Å². The number of hydrogen-bond acceptors (Lipinski definition) is 5. The fourth-order valence-corrected chi connectivity index (χ4v) is 1.60. The second-order valence-corrected chi connectivity index (χ2v) is 4.14. The number of nitrogens with two attached hydrogens (primary N) is 1. The number of nitrogens with zero attached hydrogens (tertiary/aromatic N) is 3. The van der Waals surface area contributed by atoms with Gasteiger partial charge in [-0.1, -0.05) is 6.92 Å². The molecule has 0 saturated heterocycles. The summed E-state index contributed by atoms with van der Waals surface area (Å²) in [7, 11) is 0. The van der Waals surface area contributed by atoms with Gasteiger partial charge in [0.1, 0.15) is 5.82 Å². The molecule has 0 aliphatic heterocycles. The molecule has 0 amide bonds. The first-order valence-corrected chi connectivity index (χ1v) is 6.40. The van der Waals surface area contributed by atoms with Gasteiger partial charge in [-0.25, -0.2) is 0 Å². The van der Waals surface area contributed by atoms with Crippen molar-refractivity contribution in [1.82, 2.24) is 14.8 Å². The van der Waals surface area contributed by atoms with Crippen molar-refractivity contribution in [3.63, 3.8) is 0 Å². The molecule has 2 aromatic rings. The van der Waals surface area contributed by atoms with Crippen molar-refractivity contribution < 1.29 is 4.74 Å². The van der Waals surface area contributed by atoms with E-state index in [2.05, 4.69) is 15.4 Å². The molecule has 0 radical (unpaired) electrons. The second-order valence-electron chi connectivity index (χ2n) is 4.14. The van der Waals surface area contributed by atoms with Crippen LogP contribution in [0.4, 0.5) is 11.5 Å². The maximum Gasteiger partial charge on any atom is 0.239 e. The quantitative estimate of drug-likeness (QED) is 0.794. The Kier molecular flexibility index (Phi) is 4.60. The molecule has 0 atom stereocenters. The standard InChI is InChI=1S/C13H19N5O/c1-2-10-19-13-11(14)4-5-12(17-13)15-7-9-18-8-3-6-16-18/h3-6,8H,2,7,9-10,14H2,1H3,(H,15,17). The molecule has 0 unspecified atom stereocenters. The molecule has 0 aromatic carbocycles. The summed E-state index contributed by atoms with van der Waals surface area (Å²) in [6, 6.07) is 5.55. The summed E-state index contributed by atoms with van der Waals surface area (Å²) < 4.78 is 7.35. The molecule has 0 aliphatic carbocycles. The molecular formula is C13H19N5O. The van der Waals surface area contributed by atoms with Gasteiger partial charge < -0.3 is 15.8 Å². The van der Waals surface area contributed by atoms with Crippen LogP contribution in [0.1, 0.15) is 13.3 Å².